The van der Waals surface area contributed by atoms with Gasteiger partial charge in [-0.3, -0.25) is 38.6 Å². The first-order valence-electron chi connectivity index (χ1n) is 21.0. The maximum absolute atomic E-state index is 14.3. The van der Waals surface area contributed by atoms with E-state index in [4.69, 9.17) is 22.3 Å². The first-order chi connectivity index (χ1) is 30.2. The molecule has 0 unspecified atom stereocenters. The standard InChI is InChI=1S/C41H62N12O11/c1-5-22(4)33(38(61)50-29(17-24-19-45-20-47-24)39(62)53-15-7-9-30(53)40(63)64)52-36(59)28(16-23-10-12-25(54)13-11-23)49-37(60)32(21(2)3)51-35(58)27(8-6-14-46-41(43)44)48-34(57)26(42)18-31(55)56/h10-13,19-22,26-30,32-33,54H,5-9,14-18,42H2,1-4H3,(H,45,47)(H,48,57)(H,49,60)(H,50,61)(H,51,58)(H,52,59)(H,55,56)(H,63,64)(H4,43,44,46)/t22-,26-,27-,28-,29+,30+,32-,33+/m1/s1. The fraction of sp³-hybridized carbons (Fsp3) is 0.561. The molecular weight excluding hydrogens is 837 g/mol. The average molecular weight is 899 g/mol. The van der Waals surface area contributed by atoms with Crippen molar-refractivity contribution in [3.8, 4) is 5.75 Å². The van der Waals surface area contributed by atoms with Gasteiger partial charge in [0.05, 0.1) is 18.8 Å². The van der Waals surface area contributed by atoms with Gasteiger partial charge in [-0.15, -0.1) is 0 Å². The number of guanidine groups is 1. The number of amides is 6. The molecule has 1 aromatic carbocycles. The number of imidazole rings is 1. The van der Waals surface area contributed by atoms with E-state index in [0.29, 0.717) is 24.1 Å². The van der Waals surface area contributed by atoms with Crippen molar-refractivity contribution in [3.63, 3.8) is 0 Å². The second-order valence-electron chi connectivity index (χ2n) is 16.1. The minimum absolute atomic E-state index is 0.0436. The zero-order valence-electron chi connectivity index (χ0n) is 36.4. The van der Waals surface area contributed by atoms with Crippen LogP contribution in [-0.2, 0) is 51.2 Å². The molecule has 1 aromatic heterocycles. The monoisotopic (exact) mass is 898 g/mol. The highest BCUT2D eigenvalue weighted by Crippen LogP contribution is 2.20. The summed E-state index contributed by atoms with van der Waals surface area (Å²) in [6, 6.07) is -3.26. The van der Waals surface area contributed by atoms with Gasteiger partial charge in [0.25, 0.3) is 0 Å². The molecule has 0 saturated carbocycles. The summed E-state index contributed by atoms with van der Waals surface area (Å²) in [7, 11) is 0. The molecule has 3 rings (SSSR count). The number of aromatic nitrogens is 2. The topological polar surface area (TPSA) is 380 Å². The van der Waals surface area contributed by atoms with Crippen LogP contribution < -0.4 is 43.8 Å². The van der Waals surface area contributed by atoms with Gasteiger partial charge in [0, 0.05) is 37.8 Å². The van der Waals surface area contributed by atoms with E-state index in [0.717, 1.165) is 0 Å². The Bertz CT molecular complexity index is 1960. The van der Waals surface area contributed by atoms with Gasteiger partial charge in [-0.2, -0.15) is 0 Å². The second-order valence-corrected chi connectivity index (χ2v) is 16.1. The lowest BCUT2D eigenvalue weighted by Crippen LogP contribution is -2.62. The largest absolute Gasteiger partial charge is 0.508 e. The van der Waals surface area contributed by atoms with E-state index in [1.807, 2.05) is 0 Å². The Kier molecular flexibility index (Phi) is 19.9. The van der Waals surface area contributed by atoms with Gasteiger partial charge in [-0.1, -0.05) is 46.2 Å². The van der Waals surface area contributed by atoms with Crippen molar-refractivity contribution < 1.29 is 53.7 Å². The highest BCUT2D eigenvalue weighted by molar-refractivity contribution is 5.97. The van der Waals surface area contributed by atoms with E-state index in [2.05, 4.69) is 41.5 Å². The van der Waals surface area contributed by atoms with Crippen molar-refractivity contribution in [2.75, 3.05) is 13.1 Å². The van der Waals surface area contributed by atoms with E-state index < -0.39 is 108 Å². The van der Waals surface area contributed by atoms with Gasteiger partial charge in [-0.25, -0.2) is 9.78 Å². The zero-order valence-corrected chi connectivity index (χ0v) is 36.4. The Morgan fingerprint density at radius 2 is 1.45 bits per heavy atom. The Morgan fingerprint density at radius 3 is 2.03 bits per heavy atom. The first kappa shape index (κ1) is 51.6. The molecule has 23 nitrogen and oxygen atoms in total. The van der Waals surface area contributed by atoms with Gasteiger partial charge in [0.1, 0.15) is 42.0 Å². The van der Waals surface area contributed by atoms with Crippen LogP contribution in [0.3, 0.4) is 0 Å². The molecule has 64 heavy (non-hydrogen) atoms. The Morgan fingerprint density at radius 1 is 0.844 bits per heavy atom. The molecule has 2 aromatic rings. The van der Waals surface area contributed by atoms with Crippen LogP contribution in [0.4, 0.5) is 0 Å². The summed E-state index contributed by atoms with van der Waals surface area (Å²) >= 11 is 0. The van der Waals surface area contributed by atoms with E-state index >= 15 is 0 Å². The summed E-state index contributed by atoms with van der Waals surface area (Å²) in [5, 5.41) is 42.0. The Labute approximate surface area is 370 Å². The quantitative estimate of drug-likeness (QED) is 0.0290. The molecular formula is C41H62N12O11. The number of carboxylic acids is 2. The number of carbonyl (C=O) groups excluding carboxylic acids is 6. The average Bonchev–Trinajstić information content (AvgIpc) is 3.95. The van der Waals surface area contributed by atoms with Crippen LogP contribution in [0.25, 0.3) is 0 Å². The SMILES string of the molecule is CC[C@@H](C)[C@H](NC(=O)[C@@H](Cc1ccc(O)cc1)NC(=O)[C@H](NC(=O)[C@@H](CCCN=C(N)N)NC(=O)[C@H](N)CC(=O)O)C(C)C)C(=O)N[C@@H](Cc1cnc[nH]1)C(=O)N1CCC[C@H]1C(=O)O. The molecule has 1 saturated heterocycles. The number of nitrogens with two attached hydrogens (primary N) is 3. The van der Waals surface area contributed by atoms with Crippen molar-refractivity contribution in [2.24, 2.45) is 34.0 Å². The van der Waals surface area contributed by atoms with Crippen LogP contribution >= 0.6 is 0 Å². The number of nitrogens with one attached hydrogen (secondary N) is 6. The molecule has 352 valence electrons. The smallest absolute Gasteiger partial charge is 0.326 e. The van der Waals surface area contributed by atoms with Crippen LogP contribution in [0.1, 0.15) is 77.5 Å². The van der Waals surface area contributed by atoms with Crippen molar-refractivity contribution >= 4 is 53.3 Å². The summed E-state index contributed by atoms with van der Waals surface area (Å²) in [6.45, 7) is 6.98. The highest BCUT2D eigenvalue weighted by Gasteiger charge is 2.40. The minimum Gasteiger partial charge on any atom is -0.508 e. The number of aliphatic imine (C=N–C) groups is 1. The number of aliphatic carboxylic acids is 2. The summed E-state index contributed by atoms with van der Waals surface area (Å²) in [5.41, 5.74) is 17.5. The van der Waals surface area contributed by atoms with Crippen molar-refractivity contribution in [3.05, 3.63) is 48.0 Å². The molecule has 6 amide bonds. The molecule has 23 heteroatoms. The lowest BCUT2D eigenvalue weighted by molar-refractivity contribution is -0.149. The molecule has 1 aliphatic rings. The molecule has 1 fully saturated rings. The van der Waals surface area contributed by atoms with E-state index in [9.17, 15) is 48.6 Å². The molecule has 2 heterocycles. The number of aromatic amines is 1. The lowest BCUT2D eigenvalue weighted by atomic mass is 9.96. The van der Waals surface area contributed by atoms with Crippen LogP contribution in [-0.4, -0.2) is 139 Å². The number of hydrogen-bond donors (Lipinski definition) is 12. The normalized spacial score (nSPS) is 16.8. The van der Waals surface area contributed by atoms with Crippen LogP contribution in [0.5, 0.6) is 5.75 Å². The maximum atomic E-state index is 14.3. The number of phenols is 1. The number of phenolic OH excluding ortho intramolecular Hbond substituents is 1. The van der Waals surface area contributed by atoms with E-state index in [-0.39, 0.29) is 56.9 Å². The third-order valence-electron chi connectivity index (χ3n) is 10.8. The fourth-order valence-corrected chi connectivity index (χ4v) is 6.98. The number of likely N-dealkylation sites (tertiary alicyclic amines) is 1. The summed E-state index contributed by atoms with van der Waals surface area (Å²) in [5.74, 6) is -8.67. The predicted molar refractivity (Wildman–Crippen MR) is 231 cm³/mol. The summed E-state index contributed by atoms with van der Waals surface area (Å²) in [4.78, 5) is 118. The van der Waals surface area contributed by atoms with Crippen LogP contribution in [0, 0.1) is 11.8 Å². The molecule has 8 atom stereocenters. The van der Waals surface area contributed by atoms with Gasteiger partial charge in [0.2, 0.25) is 35.4 Å². The fourth-order valence-electron chi connectivity index (χ4n) is 6.98. The predicted octanol–water partition coefficient (Wildman–Crippen LogP) is -2.04. The molecule has 0 bridgehead atoms. The minimum atomic E-state index is -1.49. The molecule has 0 radical (unpaired) electrons. The number of aromatic hydroxyl groups is 1. The van der Waals surface area contributed by atoms with Gasteiger partial charge >= 0.3 is 11.9 Å². The maximum Gasteiger partial charge on any atom is 0.326 e. The molecule has 15 N–H and O–H groups in total. The van der Waals surface area contributed by atoms with Gasteiger partial charge < -0.3 is 69.0 Å². The third-order valence-corrected chi connectivity index (χ3v) is 10.8. The van der Waals surface area contributed by atoms with Crippen molar-refractivity contribution in [1.82, 2.24) is 41.5 Å². The molecule has 0 spiro atoms. The number of hydrogen-bond acceptors (Lipinski definition) is 12. The van der Waals surface area contributed by atoms with E-state index in [1.165, 1.54) is 41.7 Å². The number of carboxylic acid groups (broad SMARTS) is 2. The van der Waals surface area contributed by atoms with Crippen LogP contribution in [0.15, 0.2) is 41.8 Å². The number of benzene rings is 1. The highest BCUT2D eigenvalue weighted by atomic mass is 16.4. The zero-order chi connectivity index (χ0) is 47.7. The van der Waals surface area contributed by atoms with Crippen molar-refractivity contribution in [2.45, 2.75) is 121 Å². The van der Waals surface area contributed by atoms with Gasteiger partial charge in [-0.05, 0) is 55.2 Å². The summed E-state index contributed by atoms with van der Waals surface area (Å²) < 4.78 is 0. The number of nitrogens with zero attached hydrogens (tertiary/aromatic N) is 3. The first-order valence-corrected chi connectivity index (χ1v) is 21.0. The second kappa shape index (κ2) is 24.8. The molecule has 1 aliphatic heterocycles. The third kappa shape index (κ3) is 15.8. The Hall–Kier alpha value is -6.78. The Balaban J connectivity index is 1.91. The lowest BCUT2D eigenvalue weighted by Gasteiger charge is -2.31. The van der Waals surface area contributed by atoms with Crippen molar-refractivity contribution in [1.29, 1.82) is 0 Å². The molecule has 0 aliphatic carbocycles. The number of rotatable bonds is 25. The number of carbonyl (C=O) groups is 8. The summed E-state index contributed by atoms with van der Waals surface area (Å²) in [6.07, 6.45) is 3.14. The number of H-pyrrole nitrogens is 1. The van der Waals surface area contributed by atoms with Gasteiger partial charge in [0.15, 0.2) is 5.96 Å². The van der Waals surface area contributed by atoms with Crippen LogP contribution in [0.2, 0.25) is 0 Å². The van der Waals surface area contributed by atoms with E-state index in [1.54, 1.807) is 27.7 Å².